The van der Waals surface area contributed by atoms with Crippen LogP contribution in [-0.4, -0.2) is 56.2 Å². The van der Waals surface area contributed by atoms with E-state index in [1.165, 1.54) is 0 Å². The Kier molecular flexibility index (Phi) is 5.91. The Morgan fingerprint density at radius 3 is 1.81 bits per heavy atom. The van der Waals surface area contributed by atoms with E-state index in [1.54, 1.807) is 6.92 Å². The van der Waals surface area contributed by atoms with Gasteiger partial charge in [-0.15, -0.1) is 0 Å². The van der Waals surface area contributed by atoms with Gasteiger partial charge in [-0.3, -0.25) is 0 Å². The molecule has 1 fully saturated rings. The summed E-state index contributed by atoms with van der Waals surface area (Å²) in [5.41, 5.74) is -1.03. The van der Waals surface area contributed by atoms with Gasteiger partial charge >= 0.3 is 0 Å². The standard InChI is InChI=1S/C11H23FN2.C2H6/c1-10(8-11(10,2)12)9-14(5)7-6-13(3)4;1-2/h6-9H2,1-5H3;1-2H3/t10-,11?;/m1./s1. The maximum atomic E-state index is 13.6. The van der Waals surface area contributed by atoms with Crippen LogP contribution in [-0.2, 0) is 0 Å². The molecule has 0 N–H and O–H groups in total. The van der Waals surface area contributed by atoms with Crippen LogP contribution >= 0.6 is 0 Å². The molecule has 98 valence electrons. The van der Waals surface area contributed by atoms with Crippen LogP contribution in [0.4, 0.5) is 4.39 Å². The molecule has 1 aliphatic carbocycles. The van der Waals surface area contributed by atoms with Crippen molar-refractivity contribution in [2.45, 2.75) is 39.8 Å². The number of halogens is 1. The van der Waals surface area contributed by atoms with Gasteiger partial charge in [0.15, 0.2) is 0 Å². The third kappa shape index (κ3) is 4.38. The zero-order valence-corrected chi connectivity index (χ0v) is 12.1. The highest BCUT2D eigenvalue weighted by Gasteiger charge is 2.62. The number of nitrogens with zero attached hydrogens (tertiary/aromatic N) is 2. The molecule has 0 amide bonds. The molecule has 1 aliphatic rings. The number of hydrogen-bond acceptors (Lipinski definition) is 2. The number of rotatable bonds is 5. The minimum absolute atomic E-state index is 0.103. The first-order chi connectivity index (χ1) is 7.27. The van der Waals surface area contributed by atoms with E-state index in [4.69, 9.17) is 0 Å². The fraction of sp³-hybridized carbons (Fsp3) is 1.00. The van der Waals surface area contributed by atoms with Gasteiger partial charge in [0.25, 0.3) is 0 Å². The quantitative estimate of drug-likeness (QED) is 0.719. The fourth-order valence-electron chi connectivity index (χ4n) is 1.95. The summed E-state index contributed by atoms with van der Waals surface area (Å²) >= 11 is 0. The molecule has 0 aliphatic heterocycles. The first kappa shape index (κ1) is 15.9. The lowest BCUT2D eigenvalue weighted by molar-refractivity contribution is 0.188. The van der Waals surface area contributed by atoms with E-state index >= 15 is 0 Å². The molecule has 0 aromatic heterocycles. The van der Waals surface area contributed by atoms with Crippen LogP contribution < -0.4 is 0 Å². The van der Waals surface area contributed by atoms with Crippen LogP contribution in [0.25, 0.3) is 0 Å². The molecule has 0 radical (unpaired) electrons. The van der Waals surface area contributed by atoms with E-state index in [2.05, 4.69) is 30.9 Å². The van der Waals surface area contributed by atoms with Gasteiger partial charge in [-0.1, -0.05) is 20.8 Å². The summed E-state index contributed by atoms with van der Waals surface area (Å²) in [6.07, 6.45) is 0.715. The maximum absolute atomic E-state index is 13.6. The predicted octanol–water partition coefficient (Wildman–Crippen LogP) is 2.64. The SMILES string of the molecule is CC.CN(C)CCN(C)C[C@@]1(C)CC1(C)F. The Morgan fingerprint density at radius 1 is 1.06 bits per heavy atom. The van der Waals surface area contributed by atoms with Crippen molar-refractivity contribution >= 4 is 0 Å². The summed E-state index contributed by atoms with van der Waals surface area (Å²) < 4.78 is 13.6. The van der Waals surface area contributed by atoms with E-state index in [1.807, 2.05) is 20.8 Å². The molecule has 2 nitrogen and oxygen atoms in total. The first-order valence-corrected chi connectivity index (χ1v) is 6.29. The van der Waals surface area contributed by atoms with Crippen molar-refractivity contribution < 1.29 is 4.39 Å². The van der Waals surface area contributed by atoms with Crippen LogP contribution in [0.5, 0.6) is 0 Å². The van der Waals surface area contributed by atoms with Crippen LogP contribution in [0.2, 0.25) is 0 Å². The van der Waals surface area contributed by atoms with Gasteiger partial charge in [-0.05, 0) is 34.5 Å². The molecule has 0 bridgehead atoms. The summed E-state index contributed by atoms with van der Waals surface area (Å²) in [5.74, 6) is 0. The smallest absolute Gasteiger partial charge is 0.115 e. The maximum Gasteiger partial charge on any atom is 0.115 e. The molecule has 0 saturated heterocycles. The van der Waals surface area contributed by atoms with Crippen LogP contribution in [0.3, 0.4) is 0 Å². The molecule has 0 spiro atoms. The van der Waals surface area contributed by atoms with Crippen LogP contribution in [0.1, 0.15) is 34.1 Å². The van der Waals surface area contributed by atoms with Gasteiger partial charge in [0.1, 0.15) is 5.67 Å². The minimum Gasteiger partial charge on any atom is -0.308 e. The van der Waals surface area contributed by atoms with E-state index in [0.717, 1.165) is 19.6 Å². The van der Waals surface area contributed by atoms with Crippen molar-refractivity contribution in [3.63, 3.8) is 0 Å². The topological polar surface area (TPSA) is 6.48 Å². The van der Waals surface area contributed by atoms with Crippen molar-refractivity contribution in [2.24, 2.45) is 5.41 Å². The first-order valence-electron chi connectivity index (χ1n) is 6.29. The van der Waals surface area contributed by atoms with Crippen molar-refractivity contribution in [3.8, 4) is 0 Å². The second-order valence-corrected chi connectivity index (χ2v) is 5.48. The Labute approximate surface area is 101 Å². The zero-order chi connectivity index (χ0) is 13.0. The van der Waals surface area contributed by atoms with Crippen LogP contribution in [0, 0.1) is 5.41 Å². The minimum atomic E-state index is -0.931. The molecular weight excluding hydrogens is 203 g/mol. The molecule has 0 aromatic rings. The van der Waals surface area contributed by atoms with Crippen LogP contribution in [0.15, 0.2) is 0 Å². The number of alkyl halides is 1. The molecule has 0 heterocycles. The van der Waals surface area contributed by atoms with Crippen molar-refractivity contribution in [1.82, 2.24) is 9.80 Å². The normalized spacial score (nSPS) is 32.6. The summed E-state index contributed by atoms with van der Waals surface area (Å²) in [5, 5.41) is 0. The molecule has 1 unspecified atom stereocenters. The molecule has 3 heteroatoms. The molecular formula is C13H29FN2. The van der Waals surface area contributed by atoms with E-state index in [9.17, 15) is 4.39 Å². The van der Waals surface area contributed by atoms with E-state index in [-0.39, 0.29) is 5.41 Å². The van der Waals surface area contributed by atoms with Gasteiger partial charge in [-0.2, -0.15) is 0 Å². The van der Waals surface area contributed by atoms with Gasteiger partial charge < -0.3 is 9.80 Å². The Bertz CT molecular complexity index is 204. The molecule has 2 atom stereocenters. The highest BCUT2D eigenvalue weighted by Crippen LogP contribution is 2.58. The molecule has 1 rings (SSSR count). The van der Waals surface area contributed by atoms with Gasteiger partial charge in [-0.25, -0.2) is 4.39 Å². The number of hydrogen-bond donors (Lipinski definition) is 0. The van der Waals surface area contributed by atoms with Gasteiger partial charge in [0, 0.05) is 25.0 Å². The zero-order valence-electron chi connectivity index (χ0n) is 12.1. The summed E-state index contributed by atoms with van der Waals surface area (Å²) in [4.78, 5) is 4.38. The van der Waals surface area contributed by atoms with Gasteiger partial charge in [0.05, 0.1) is 0 Å². The third-order valence-electron chi connectivity index (χ3n) is 3.40. The lowest BCUT2D eigenvalue weighted by Crippen LogP contribution is -2.34. The monoisotopic (exact) mass is 232 g/mol. The Morgan fingerprint density at radius 2 is 1.50 bits per heavy atom. The summed E-state index contributed by atoms with van der Waals surface area (Å²) in [6, 6.07) is 0. The third-order valence-corrected chi connectivity index (χ3v) is 3.40. The lowest BCUT2D eigenvalue weighted by atomic mass is 10.1. The average molecular weight is 232 g/mol. The van der Waals surface area contributed by atoms with E-state index < -0.39 is 5.67 Å². The second-order valence-electron chi connectivity index (χ2n) is 5.48. The molecule has 16 heavy (non-hydrogen) atoms. The fourth-order valence-corrected chi connectivity index (χ4v) is 1.95. The largest absolute Gasteiger partial charge is 0.308 e. The second kappa shape index (κ2) is 5.97. The highest BCUT2D eigenvalue weighted by molar-refractivity contribution is 5.12. The number of likely N-dealkylation sites (N-methyl/N-ethyl adjacent to an activating group) is 2. The lowest BCUT2D eigenvalue weighted by Gasteiger charge is -2.23. The molecule has 1 saturated carbocycles. The van der Waals surface area contributed by atoms with Gasteiger partial charge in [0.2, 0.25) is 0 Å². The predicted molar refractivity (Wildman–Crippen MR) is 69.6 cm³/mol. The van der Waals surface area contributed by atoms with Crippen molar-refractivity contribution in [2.75, 3.05) is 40.8 Å². The average Bonchev–Trinajstić information content (AvgIpc) is 2.65. The van der Waals surface area contributed by atoms with Crippen molar-refractivity contribution in [1.29, 1.82) is 0 Å². The Balaban J connectivity index is 0.00000106. The summed E-state index contributed by atoms with van der Waals surface area (Å²) in [6.45, 7) is 10.7. The Hall–Kier alpha value is -0.150. The van der Waals surface area contributed by atoms with E-state index in [0.29, 0.717) is 6.42 Å². The molecule has 0 aromatic carbocycles. The van der Waals surface area contributed by atoms with Crippen molar-refractivity contribution in [3.05, 3.63) is 0 Å². The summed E-state index contributed by atoms with van der Waals surface area (Å²) in [7, 11) is 6.20. The highest BCUT2D eigenvalue weighted by atomic mass is 19.1.